The van der Waals surface area contributed by atoms with Crippen LogP contribution in [-0.2, 0) is 9.53 Å². The summed E-state index contributed by atoms with van der Waals surface area (Å²) >= 11 is 0.366. The Hall–Kier alpha value is -1.96. The number of carbonyl (C=O) groups excluding carboxylic acids is 2. The maximum absolute atomic E-state index is 12.7. The fraction of sp³-hybridized carbons (Fsp3) is 0.357. The Balaban J connectivity index is 2.47. The molecule has 0 spiro atoms. The van der Waals surface area contributed by atoms with Crippen molar-refractivity contribution < 1.29 is 23.1 Å². The van der Waals surface area contributed by atoms with Crippen LogP contribution in [0.2, 0.25) is 0 Å². The number of carbonyl (C=O) groups is 2. The molecule has 1 aliphatic rings. The van der Waals surface area contributed by atoms with E-state index >= 15 is 0 Å². The van der Waals surface area contributed by atoms with Crippen LogP contribution in [0, 0.1) is 5.92 Å². The number of hydrogen-bond donors (Lipinski definition) is 1. The van der Waals surface area contributed by atoms with Gasteiger partial charge in [0.15, 0.2) is 0 Å². The Morgan fingerprint density at radius 2 is 2.09 bits per heavy atom. The van der Waals surface area contributed by atoms with Gasteiger partial charge in [0.1, 0.15) is 5.92 Å². The molecule has 0 fully saturated rings. The summed E-state index contributed by atoms with van der Waals surface area (Å²) in [7, 11) is 1.23. The molecule has 2 unspecified atom stereocenters. The molecule has 0 bridgehead atoms. The van der Waals surface area contributed by atoms with Gasteiger partial charge in [-0.3, -0.25) is 4.79 Å². The van der Waals surface area contributed by atoms with Crippen LogP contribution in [0.5, 0.6) is 0 Å². The van der Waals surface area contributed by atoms with Gasteiger partial charge in [0.2, 0.25) is 0 Å². The number of thioether (sulfide) groups is 1. The highest BCUT2D eigenvalue weighted by molar-refractivity contribution is 7.99. The molecule has 0 radical (unpaired) electrons. The zero-order valence-electron chi connectivity index (χ0n) is 11.9. The fourth-order valence-electron chi connectivity index (χ4n) is 2.35. The number of hydrogen-bond acceptors (Lipinski definition) is 4. The van der Waals surface area contributed by atoms with Crippen LogP contribution in [0.15, 0.2) is 34.2 Å². The van der Waals surface area contributed by atoms with Crippen LogP contribution in [0.3, 0.4) is 0 Å². The minimum Gasteiger partial charge on any atom is -0.468 e. The van der Waals surface area contributed by atoms with Gasteiger partial charge in [0.25, 0.3) is 5.76 Å². The van der Waals surface area contributed by atoms with Gasteiger partial charge in [-0.1, -0.05) is 30.0 Å². The molecule has 0 aliphatic carbocycles. The zero-order chi connectivity index (χ0) is 16.3. The summed E-state index contributed by atoms with van der Waals surface area (Å²) in [5.41, 5.74) is 0.725. The minimum absolute atomic E-state index is 0.289. The number of esters is 1. The molecular formula is C14H14F2N2O3S. The first-order chi connectivity index (χ1) is 10.4. The van der Waals surface area contributed by atoms with E-state index in [2.05, 4.69) is 10.3 Å². The van der Waals surface area contributed by atoms with Gasteiger partial charge in [-0.25, -0.2) is 9.79 Å². The molecule has 2 amide bonds. The molecule has 1 aliphatic heterocycles. The maximum Gasteiger partial charge on any atom is 0.341 e. The number of methoxy groups -OCH3 is 1. The summed E-state index contributed by atoms with van der Waals surface area (Å²) in [4.78, 5) is 27.6. The van der Waals surface area contributed by atoms with Crippen LogP contribution in [-0.4, -0.2) is 30.6 Å². The highest BCUT2D eigenvalue weighted by Gasteiger charge is 2.38. The van der Waals surface area contributed by atoms with Crippen LogP contribution < -0.4 is 5.32 Å². The molecule has 0 aromatic heterocycles. The first kappa shape index (κ1) is 16.4. The lowest BCUT2D eigenvalue weighted by Crippen LogP contribution is -2.44. The summed E-state index contributed by atoms with van der Waals surface area (Å²) < 4.78 is 30.1. The molecule has 5 nitrogen and oxygen atoms in total. The van der Waals surface area contributed by atoms with E-state index in [0.29, 0.717) is 22.2 Å². The number of nitrogens with zero attached hydrogens (tertiary/aromatic N) is 1. The molecule has 2 atom stereocenters. The molecule has 118 valence electrons. The summed E-state index contributed by atoms with van der Waals surface area (Å²) in [6.07, 6.45) is 0. The lowest BCUT2D eigenvalue weighted by molar-refractivity contribution is -0.143. The first-order valence-electron chi connectivity index (χ1n) is 6.41. The molecule has 0 saturated carbocycles. The van der Waals surface area contributed by atoms with Gasteiger partial charge >= 0.3 is 12.0 Å². The maximum atomic E-state index is 12.7. The van der Waals surface area contributed by atoms with Gasteiger partial charge in [0, 0.05) is 10.6 Å². The van der Waals surface area contributed by atoms with Crippen molar-refractivity contribution >= 4 is 29.5 Å². The Morgan fingerprint density at radius 1 is 1.41 bits per heavy atom. The molecule has 0 saturated heterocycles. The highest BCUT2D eigenvalue weighted by atomic mass is 32.2. The topological polar surface area (TPSA) is 67.8 Å². The third kappa shape index (κ3) is 3.44. The molecule has 1 heterocycles. The number of urea groups is 1. The van der Waals surface area contributed by atoms with E-state index in [1.165, 1.54) is 20.1 Å². The Morgan fingerprint density at radius 3 is 2.73 bits per heavy atom. The van der Waals surface area contributed by atoms with E-state index in [1.807, 2.05) is 0 Å². The van der Waals surface area contributed by atoms with Crippen molar-refractivity contribution in [3.8, 4) is 0 Å². The van der Waals surface area contributed by atoms with Crippen LogP contribution in [0.1, 0.15) is 18.5 Å². The summed E-state index contributed by atoms with van der Waals surface area (Å²) in [6, 6.07) is 5.00. The molecule has 1 aromatic rings. The number of alkyl halides is 2. The number of amides is 2. The van der Waals surface area contributed by atoms with Crippen LogP contribution >= 0.6 is 11.8 Å². The molecular weight excluding hydrogens is 314 g/mol. The van der Waals surface area contributed by atoms with Gasteiger partial charge in [-0.15, -0.1) is 0 Å². The predicted octanol–water partition coefficient (Wildman–Crippen LogP) is 3.02. The normalized spacial score (nSPS) is 21.3. The highest BCUT2D eigenvalue weighted by Crippen LogP contribution is 2.36. The summed E-state index contributed by atoms with van der Waals surface area (Å²) in [6.45, 7) is 1.54. The van der Waals surface area contributed by atoms with Crippen molar-refractivity contribution in [1.82, 2.24) is 5.32 Å². The summed E-state index contributed by atoms with van der Waals surface area (Å²) in [5, 5.41) is 2.56. The quantitative estimate of drug-likeness (QED) is 0.681. The smallest absolute Gasteiger partial charge is 0.341 e. The van der Waals surface area contributed by atoms with E-state index in [-0.39, 0.29) is 5.71 Å². The van der Waals surface area contributed by atoms with Crippen molar-refractivity contribution in [2.24, 2.45) is 10.9 Å². The monoisotopic (exact) mass is 328 g/mol. The van der Waals surface area contributed by atoms with Crippen LogP contribution in [0.4, 0.5) is 13.6 Å². The van der Waals surface area contributed by atoms with E-state index in [4.69, 9.17) is 4.74 Å². The van der Waals surface area contributed by atoms with Crippen molar-refractivity contribution in [1.29, 1.82) is 0 Å². The number of rotatable bonds is 4. The summed E-state index contributed by atoms with van der Waals surface area (Å²) in [5.74, 6) is -4.03. The average molecular weight is 328 g/mol. The molecule has 22 heavy (non-hydrogen) atoms. The number of benzene rings is 1. The Labute approximate surface area is 130 Å². The number of aliphatic imine (C=N–C) groups is 1. The molecule has 8 heteroatoms. The SMILES string of the molecule is COC(=O)C1C(C)=NC(=O)NC1c1ccccc1SC(F)F. The second kappa shape index (κ2) is 6.87. The molecule has 1 N–H and O–H groups in total. The third-order valence-electron chi connectivity index (χ3n) is 3.27. The van der Waals surface area contributed by atoms with E-state index in [1.54, 1.807) is 18.2 Å². The second-order valence-electron chi connectivity index (χ2n) is 4.60. The van der Waals surface area contributed by atoms with E-state index < -0.39 is 29.7 Å². The van der Waals surface area contributed by atoms with Crippen molar-refractivity contribution in [3.05, 3.63) is 29.8 Å². The van der Waals surface area contributed by atoms with Gasteiger partial charge < -0.3 is 10.1 Å². The standard InChI is InChI=1S/C14H14F2N2O3S/c1-7-10(12(19)21-2)11(18-14(20)17-7)8-5-3-4-6-9(8)22-13(15)16/h3-6,10-11,13H,1-2H3,(H,18,20). The average Bonchev–Trinajstić information content (AvgIpc) is 2.45. The number of halogens is 2. The number of nitrogens with one attached hydrogen (secondary N) is 1. The van der Waals surface area contributed by atoms with Crippen molar-refractivity contribution in [3.63, 3.8) is 0 Å². The Kier molecular flexibility index (Phi) is 5.12. The molecule has 1 aromatic carbocycles. The zero-order valence-corrected chi connectivity index (χ0v) is 12.7. The fourth-order valence-corrected chi connectivity index (χ4v) is 3.03. The third-order valence-corrected chi connectivity index (χ3v) is 4.07. The van der Waals surface area contributed by atoms with Crippen LogP contribution in [0.25, 0.3) is 0 Å². The minimum atomic E-state index is -2.60. The second-order valence-corrected chi connectivity index (χ2v) is 5.63. The predicted molar refractivity (Wildman–Crippen MR) is 78.2 cm³/mol. The van der Waals surface area contributed by atoms with E-state index in [0.717, 1.165) is 0 Å². The van der Waals surface area contributed by atoms with Crippen molar-refractivity contribution in [2.45, 2.75) is 23.6 Å². The van der Waals surface area contributed by atoms with Gasteiger partial charge in [0.05, 0.1) is 13.2 Å². The Bertz CT molecular complexity index is 622. The lowest BCUT2D eigenvalue weighted by Gasteiger charge is -2.30. The lowest BCUT2D eigenvalue weighted by atomic mass is 9.88. The van der Waals surface area contributed by atoms with Crippen molar-refractivity contribution in [2.75, 3.05) is 7.11 Å². The first-order valence-corrected chi connectivity index (χ1v) is 7.29. The van der Waals surface area contributed by atoms with Gasteiger partial charge in [-0.05, 0) is 18.6 Å². The number of ether oxygens (including phenoxy) is 1. The molecule has 2 rings (SSSR count). The van der Waals surface area contributed by atoms with Gasteiger partial charge in [-0.2, -0.15) is 8.78 Å². The largest absolute Gasteiger partial charge is 0.468 e. The van der Waals surface area contributed by atoms with E-state index in [9.17, 15) is 18.4 Å².